The van der Waals surface area contributed by atoms with E-state index in [1.54, 1.807) is 0 Å². The Morgan fingerprint density at radius 1 is 1.11 bits per heavy atom. The van der Waals surface area contributed by atoms with Gasteiger partial charge in [-0.3, -0.25) is 4.79 Å². The molecule has 1 aliphatic carbocycles. The van der Waals surface area contributed by atoms with Crippen LogP contribution in [0, 0.1) is 0 Å². The molecule has 1 aliphatic heterocycles. The number of morpholine rings is 1. The van der Waals surface area contributed by atoms with Crippen LogP contribution in [-0.4, -0.2) is 44.2 Å². The highest BCUT2D eigenvalue weighted by Crippen LogP contribution is 2.33. The number of fused-ring (bicyclic) bond motifs is 1. The standard InChI is InChI=1S/C23H28N2O2/c1-24(23(26)22-8-4-6-19-5-2-3-7-21(19)22)17-18-9-11-20(12-10-18)25-13-15-27-16-14-25/h2-3,5,7,9-12,22H,4,6,8,13-17H2,1H3. The maximum absolute atomic E-state index is 13.1. The summed E-state index contributed by atoms with van der Waals surface area (Å²) in [7, 11) is 1.93. The molecule has 2 aromatic rings. The predicted octanol–water partition coefficient (Wildman–Crippen LogP) is 3.60. The third-order valence-electron chi connectivity index (χ3n) is 5.78. The highest BCUT2D eigenvalue weighted by atomic mass is 16.5. The fraction of sp³-hybridized carbons (Fsp3) is 0.435. The van der Waals surface area contributed by atoms with E-state index in [2.05, 4.69) is 53.4 Å². The molecule has 1 saturated heterocycles. The highest BCUT2D eigenvalue weighted by Gasteiger charge is 2.28. The SMILES string of the molecule is CN(Cc1ccc(N2CCOCC2)cc1)C(=O)C1CCCc2ccccc21. The average molecular weight is 364 g/mol. The number of nitrogens with zero attached hydrogens (tertiary/aromatic N) is 2. The van der Waals surface area contributed by atoms with E-state index in [-0.39, 0.29) is 11.8 Å². The van der Waals surface area contributed by atoms with Crippen LogP contribution in [0.25, 0.3) is 0 Å². The van der Waals surface area contributed by atoms with E-state index in [0.29, 0.717) is 6.54 Å². The molecule has 4 rings (SSSR count). The molecule has 142 valence electrons. The van der Waals surface area contributed by atoms with E-state index in [4.69, 9.17) is 4.74 Å². The molecule has 1 unspecified atom stereocenters. The van der Waals surface area contributed by atoms with Gasteiger partial charge in [0.05, 0.1) is 19.1 Å². The summed E-state index contributed by atoms with van der Waals surface area (Å²) < 4.78 is 5.42. The first kappa shape index (κ1) is 18.1. The third-order valence-corrected chi connectivity index (χ3v) is 5.78. The Balaban J connectivity index is 1.41. The van der Waals surface area contributed by atoms with Gasteiger partial charge in [0.1, 0.15) is 0 Å². The quantitative estimate of drug-likeness (QED) is 0.831. The molecule has 0 radical (unpaired) electrons. The van der Waals surface area contributed by atoms with Crippen LogP contribution in [0.4, 0.5) is 5.69 Å². The summed E-state index contributed by atoms with van der Waals surface area (Å²) in [6.07, 6.45) is 3.14. The minimum Gasteiger partial charge on any atom is -0.378 e. The molecule has 4 nitrogen and oxygen atoms in total. The summed E-state index contributed by atoms with van der Waals surface area (Å²) in [5.74, 6) is 0.243. The van der Waals surface area contributed by atoms with Gasteiger partial charge < -0.3 is 14.5 Å². The molecule has 4 heteroatoms. The lowest BCUT2D eigenvalue weighted by Crippen LogP contribution is -2.36. The number of carbonyl (C=O) groups is 1. The number of likely N-dealkylation sites (N-methyl/N-ethyl adjacent to an activating group) is 1. The van der Waals surface area contributed by atoms with Crippen molar-refractivity contribution in [1.29, 1.82) is 0 Å². The maximum Gasteiger partial charge on any atom is 0.230 e. The third kappa shape index (κ3) is 4.01. The van der Waals surface area contributed by atoms with Crippen LogP contribution in [0.2, 0.25) is 0 Å². The van der Waals surface area contributed by atoms with Crippen LogP contribution >= 0.6 is 0 Å². The summed E-state index contributed by atoms with van der Waals surface area (Å²) in [5, 5.41) is 0. The Labute approximate surface area is 161 Å². The summed E-state index contributed by atoms with van der Waals surface area (Å²) in [5.41, 5.74) is 4.97. The molecule has 27 heavy (non-hydrogen) atoms. The van der Waals surface area contributed by atoms with Gasteiger partial charge in [0.25, 0.3) is 0 Å². The zero-order valence-electron chi connectivity index (χ0n) is 16.1. The second kappa shape index (κ2) is 8.13. The van der Waals surface area contributed by atoms with Crippen molar-refractivity contribution < 1.29 is 9.53 Å². The predicted molar refractivity (Wildman–Crippen MR) is 108 cm³/mol. The number of aryl methyl sites for hydroxylation is 1. The molecule has 0 saturated carbocycles. The Morgan fingerprint density at radius 3 is 2.63 bits per heavy atom. The summed E-state index contributed by atoms with van der Waals surface area (Å²) >= 11 is 0. The number of carbonyl (C=O) groups excluding carboxylic acids is 1. The summed E-state index contributed by atoms with van der Waals surface area (Å²) in [6.45, 7) is 4.13. The van der Waals surface area contributed by atoms with Crippen molar-refractivity contribution in [2.75, 3.05) is 38.3 Å². The van der Waals surface area contributed by atoms with Crippen molar-refractivity contribution in [2.24, 2.45) is 0 Å². The Bertz CT molecular complexity index is 781. The number of benzene rings is 2. The zero-order valence-corrected chi connectivity index (χ0v) is 16.1. The first-order valence-electron chi connectivity index (χ1n) is 9.97. The van der Waals surface area contributed by atoms with Crippen molar-refractivity contribution in [3.8, 4) is 0 Å². The largest absolute Gasteiger partial charge is 0.378 e. The van der Waals surface area contributed by atoms with Crippen molar-refractivity contribution >= 4 is 11.6 Å². The zero-order chi connectivity index (χ0) is 18.6. The van der Waals surface area contributed by atoms with Gasteiger partial charge in [0, 0.05) is 32.4 Å². The molecular weight excluding hydrogens is 336 g/mol. The molecular formula is C23H28N2O2. The van der Waals surface area contributed by atoms with Gasteiger partial charge in [-0.05, 0) is 48.1 Å². The molecule has 0 spiro atoms. The number of amides is 1. The smallest absolute Gasteiger partial charge is 0.230 e. The average Bonchev–Trinajstić information content (AvgIpc) is 2.74. The molecule has 0 bridgehead atoms. The minimum atomic E-state index is 0.00701. The van der Waals surface area contributed by atoms with E-state index in [1.807, 2.05) is 11.9 Å². The van der Waals surface area contributed by atoms with Crippen molar-refractivity contribution in [3.63, 3.8) is 0 Å². The number of hydrogen-bond acceptors (Lipinski definition) is 3. The first-order valence-corrected chi connectivity index (χ1v) is 9.97. The monoisotopic (exact) mass is 364 g/mol. The van der Waals surface area contributed by atoms with E-state index in [1.165, 1.54) is 22.4 Å². The fourth-order valence-corrected chi connectivity index (χ4v) is 4.26. The summed E-state index contributed by atoms with van der Waals surface area (Å²) in [6, 6.07) is 17.0. The fourth-order valence-electron chi connectivity index (χ4n) is 4.26. The van der Waals surface area contributed by atoms with Crippen molar-refractivity contribution in [2.45, 2.75) is 31.7 Å². The van der Waals surface area contributed by atoms with Crippen molar-refractivity contribution in [1.82, 2.24) is 4.90 Å². The maximum atomic E-state index is 13.1. The highest BCUT2D eigenvalue weighted by molar-refractivity contribution is 5.84. The van der Waals surface area contributed by atoms with Crippen LogP contribution in [-0.2, 0) is 22.5 Å². The van der Waals surface area contributed by atoms with E-state index in [0.717, 1.165) is 45.6 Å². The lowest BCUT2D eigenvalue weighted by atomic mass is 9.82. The van der Waals surface area contributed by atoms with E-state index >= 15 is 0 Å². The topological polar surface area (TPSA) is 32.8 Å². The number of anilines is 1. The van der Waals surface area contributed by atoms with Gasteiger partial charge in [-0.1, -0.05) is 36.4 Å². The van der Waals surface area contributed by atoms with Crippen LogP contribution in [0.15, 0.2) is 48.5 Å². The molecule has 1 fully saturated rings. The second-order valence-corrected chi connectivity index (χ2v) is 7.60. The summed E-state index contributed by atoms with van der Waals surface area (Å²) in [4.78, 5) is 17.3. The van der Waals surface area contributed by atoms with Crippen LogP contribution in [0.5, 0.6) is 0 Å². The number of ether oxygens (including phenoxy) is 1. The van der Waals surface area contributed by atoms with Gasteiger partial charge in [-0.2, -0.15) is 0 Å². The first-order chi connectivity index (χ1) is 13.2. The van der Waals surface area contributed by atoms with Gasteiger partial charge in [-0.15, -0.1) is 0 Å². The normalized spacial score (nSPS) is 19.4. The Kier molecular flexibility index (Phi) is 5.44. The lowest BCUT2D eigenvalue weighted by Gasteiger charge is -2.30. The molecule has 0 aromatic heterocycles. The number of hydrogen-bond donors (Lipinski definition) is 0. The Hall–Kier alpha value is -2.33. The molecule has 1 heterocycles. The van der Waals surface area contributed by atoms with Crippen LogP contribution in [0.3, 0.4) is 0 Å². The minimum absolute atomic E-state index is 0.00701. The second-order valence-electron chi connectivity index (χ2n) is 7.60. The van der Waals surface area contributed by atoms with E-state index in [9.17, 15) is 4.79 Å². The molecule has 2 aliphatic rings. The van der Waals surface area contributed by atoms with Crippen LogP contribution in [0.1, 0.15) is 35.4 Å². The van der Waals surface area contributed by atoms with Crippen molar-refractivity contribution in [3.05, 3.63) is 65.2 Å². The lowest BCUT2D eigenvalue weighted by molar-refractivity contribution is -0.132. The number of rotatable bonds is 4. The van der Waals surface area contributed by atoms with Gasteiger partial charge in [-0.25, -0.2) is 0 Å². The molecule has 1 atom stereocenters. The Morgan fingerprint density at radius 2 is 1.85 bits per heavy atom. The van der Waals surface area contributed by atoms with Crippen LogP contribution < -0.4 is 4.90 Å². The molecule has 0 N–H and O–H groups in total. The molecule has 1 amide bonds. The van der Waals surface area contributed by atoms with E-state index < -0.39 is 0 Å². The molecule has 2 aromatic carbocycles. The van der Waals surface area contributed by atoms with Gasteiger partial charge >= 0.3 is 0 Å². The van der Waals surface area contributed by atoms with Gasteiger partial charge in [0.15, 0.2) is 0 Å². The van der Waals surface area contributed by atoms with Gasteiger partial charge in [0.2, 0.25) is 5.91 Å².